The van der Waals surface area contributed by atoms with E-state index in [1.165, 1.54) is 0 Å². The zero-order valence-corrected chi connectivity index (χ0v) is 17.7. The van der Waals surface area contributed by atoms with Gasteiger partial charge in [0.2, 0.25) is 0 Å². The first-order valence-corrected chi connectivity index (χ1v) is 10.2. The molecule has 1 saturated carbocycles. The molecule has 0 saturated heterocycles. The first-order chi connectivity index (χ1) is 13.9. The Kier molecular flexibility index (Phi) is 6.15. The van der Waals surface area contributed by atoms with Crippen LogP contribution in [0.2, 0.25) is 0 Å². The van der Waals surface area contributed by atoms with Crippen LogP contribution in [-0.2, 0) is 10.9 Å². The van der Waals surface area contributed by atoms with Gasteiger partial charge < -0.3 is 15.4 Å². The van der Waals surface area contributed by atoms with Gasteiger partial charge in [-0.25, -0.2) is 9.78 Å². The van der Waals surface area contributed by atoms with Crippen molar-refractivity contribution in [1.82, 2.24) is 10.3 Å². The van der Waals surface area contributed by atoms with Crippen molar-refractivity contribution < 1.29 is 22.7 Å². The van der Waals surface area contributed by atoms with Crippen LogP contribution in [0, 0.1) is 6.92 Å². The highest BCUT2D eigenvalue weighted by Crippen LogP contribution is 2.34. The average Bonchev–Trinajstić information content (AvgIpc) is 2.59. The second kappa shape index (κ2) is 8.32. The van der Waals surface area contributed by atoms with Gasteiger partial charge in [-0.1, -0.05) is 11.6 Å². The number of rotatable bonds is 3. The third-order valence-corrected chi connectivity index (χ3v) is 5.01. The fourth-order valence-corrected chi connectivity index (χ4v) is 3.75. The van der Waals surface area contributed by atoms with E-state index in [4.69, 9.17) is 4.74 Å². The molecule has 2 N–H and O–H groups in total. The molecule has 0 bridgehead atoms. The van der Waals surface area contributed by atoms with Gasteiger partial charge in [0.05, 0.1) is 5.52 Å². The van der Waals surface area contributed by atoms with Crippen LogP contribution in [-0.4, -0.2) is 28.8 Å². The van der Waals surface area contributed by atoms with E-state index >= 15 is 0 Å². The number of aromatic nitrogens is 1. The highest BCUT2D eigenvalue weighted by molar-refractivity contribution is 5.92. The number of hydrogen-bond acceptors (Lipinski definition) is 4. The lowest BCUT2D eigenvalue weighted by molar-refractivity contribution is -0.140. The average molecular weight is 423 g/mol. The quantitative estimate of drug-likeness (QED) is 0.654. The molecule has 8 heteroatoms. The number of fused-ring (bicyclic) bond motifs is 1. The second-order valence-electron chi connectivity index (χ2n) is 8.92. The highest BCUT2D eigenvalue weighted by Gasteiger charge is 2.34. The Morgan fingerprint density at radius 3 is 2.50 bits per heavy atom. The Bertz CT molecular complexity index is 922. The molecule has 2 aromatic rings. The van der Waals surface area contributed by atoms with Crippen LogP contribution in [0.1, 0.15) is 57.7 Å². The largest absolute Gasteiger partial charge is 0.444 e. The van der Waals surface area contributed by atoms with Gasteiger partial charge >= 0.3 is 12.3 Å². The summed E-state index contributed by atoms with van der Waals surface area (Å²) in [6.45, 7) is 7.29. The number of carbonyl (C=O) groups is 1. The lowest BCUT2D eigenvalue weighted by Crippen LogP contribution is -2.43. The molecule has 1 amide bonds. The van der Waals surface area contributed by atoms with E-state index in [9.17, 15) is 18.0 Å². The number of alkyl halides is 3. The van der Waals surface area contributed by atoms with Gasteiger partial charge in [0.1, 0.15) is 11.3 Å². The summed E-state index contributed by atoms with van der Waals surface area (Å²) in [5.41, 5.74) is 0.162. The number of ether oxygens (including phenoxy) is 1. The zero-order chi connectivity index (χ0) is 22.1. The first kappa shape index (κ1) is 22.2. The first-order valence-electron chi connectivity index (χ1n) is 10.2. The highest BCUT2D eigenvalue weighted by atomic mass is 19.4. The molecule has 0 spiro atoms. The van der Waals surface area contributed by atoms with E-state index in [2.05, 4.69) is 15.6 Å². The Morgan fingerprint density at radius 2 is 1.83 bits per heavy atom. The third-order valence-electron chi connectivity index (χ3n) is 5.01. The van der Waals surface area contributed by atoms with Gasteiger partial charge in [0.25, 0.3) is 0 Å². The van der Waals surface area contributed by atoms with E-state index in [1.807, 2.05) is 13.0 Å². The minimum absolute atomic E-state index is 0.0640. The summed E-state index contributed by atoms with van der Waals surface area (Å²) >= 11 is 0. The topological polar surface area (TPSA) is 63.2 Å². The normalized spacial score (nSPS) is 20.1. The number of anilines is 1. The molecule has 0 unspecified atom stereocenters. The molecule has 1 aromatic carbocycles. The maximum atomic E-state index is 13.3. The maximum Gasteiger partial charge on any atom is 0.433 e. The number of pyridine rings is 1. The number of hydrogen-bond donors (Lipinski definition) is 2. The molecule has 3 rings (SSSR count). The maximum absolute atomic E-state index is 13.3. The second-order valence-corrected chi connectivity index (χ2v) is 8.92. The van der Waals surface area contributed by atoms with Crippen LogP contribution in [0.5, 0.6) is 0 Å². The number of carbonyl (C=O) groups excluding carboxylic acids is 1. The number of aryl methyl sites for hydroxylation is 1. The van der Waals surface area contributed by atoms with Gasteiger partial charge in [0, 0.05) is 23.2 Å². The summed E-state index contributed by atoms with van der Waals surface area (Å²) < 4.78 is 45.3. The molecule has 1 aromatic heterocycles. The minimum atomic E-state index is -4.52. The summed E-state index contributed by atoms with van der Waals surface area (Å²) in [6, 6.07) is 6.12. The fraction of sp³-hybridized carbons (Fsp3) is 0.545. The molecule has 1 aliphatic rings. The number of halogens is 3. The molecule has 0 aliphatic heterocycles. The fourth-order valence-electron chi connectivity index (χ4n) is 3.75. The van der Waals surface area contributed by atoms with Gasteiger partial charge in [-0.3, -0.25) is 0 Å². The van der Waals surface area contributed by atoms with E-state index in [0.717, 1.165) is 30.9 Å². The lowest BCUT2D eigenvalue weighted by Gasteiger charge is -2.32. The predicted octanol–water partition coefficient (Wildman–Crippen LogP) is 5.81. The van der Waals surface area contributed by atoms with Crippen LogP contribution in [0.3, 0.4) is 0 Å². The van der Waals surface area contributed by atoms with Crippen molar-refractivity contribution in [2.24, 2.45) is 0 Å². The number of nitrogens with zero attached hydrogens (tertiary/aromatic N) is 1. The van der Waals surface area contributed by atoms with Crippen molar-refractivity contribution in [2.45, 2.75) is 77.2 Å². The van der Waals surface area contributed by atoms with Crippen LogP contribution in [0.15, 0.2) is 24.3 Å². The van der Waals surface area contributed by atoms with Crippen LogP contribution < -0.4 is 10.6 Å². The Balaban J connectivity index is 1.79. The van der Waals surface area contributed by atoms with Gasteiger partial charge in [-0.15, -0.1) is 0 Å². The SMILES string of the molecule is Cc1ccc2nc(C(F)(F)F)cc(N[C@H]3CCC[C@@H](NC(=O)OC(C)(C)C)C3)c2c1. The van der Waals surface area contributed by atoms with Crippen molar-refractivity contribution in [3.05, 3.63) is 35.5 Å². The van der Waals surface area contributed by atoms with E-state index in [0.29, 0.717) is 23.0 Å². The van der Waals surface area contributed by atoms with Crippen molar-refractivity contribution in [3.8, 4) is 0 Å². The molecule has 164 valence electrons. The number of alkyl carbamates (subject to hydrolysis) is 1. The Hall–Kier alpha value is -2.51. The molecule has 1 fully saturated rings. The third kappa shape index (κ3) is 5.77. The van der Waals surface area contributed by atoms with Crippen molar-refractivity contribution in [1.29, 1.82) is 0 Å². The van der Waals surface area contributed by atoms with Crippen molar-refractivity contribution in [2.75, 3.05) is 5.32 Å². The van der Waals surface area contributed by atoms with Gasteiger partial charge in [-0.05, 0) is 71.6 Å². The Labute approximate surface area is 174 Å². The molecular weight excluding hydrogens is 395 g/mol. The summed E-state index contributed by atoms with van der Waals surface area (Å²) in [5, 5.41) is 6.82. The van der Waals surface area contributed by atoms with Crippen LogP contribution in [0.4, 0.5) is 23.7 Å². The molecule has 2 atom stereocenters. The number of benzene rings is 1. The monoisotopic (exact) mass is 423 g/mol. The van der Waals surface area contributed by atoms with E-state index in [-0.39, 0.29) is 12.1 Å². The standard InChI is InChI=1S/C22H28F3N3O2/c1-13-8-9-17-16(10-13)18(12-19(28-17)22(23,24)25)26-14-6-5-7-15(11-14)27-20(29)30-21(2,3)4/h8-10,12,14-15H,5-7,11H2,1-4H3,(H,26,28)(H,27,29)/t14-,15+/m0/s1. The van der Waals surface area contributed by atoms with Gasteiger partial charge in [0.15, 0.2) is 0 Å². The van der Waals surface area contributed by atoms with Gasteiger partial charge in [-0.2, -0.15) is 13.2 Å². The summed E-state index contributed by atoms with van der Waals surface area (Å²) in [7, 11) is 0. The molecule has 0 radical (unpaired) electrons. The molecule has 1 aliphatic carbocycles. The van der Waals surface area contributed by atoms with Crippen LogP contribution >= 0.6 is 0 Å². The van der Waals surface area contributed by atoms with E-state index < -0.39 is 23.6 Å². The van der Waals surface area contributed by atoms with E-state index in [1.54, 1.807) is 32.9 Å². The number of nitrogens with one attached hydrogen (secondary N) is 2. The summed E-state index contributed by atoms with van der Waals surface area (Å²) in [6.07, 6.45) is -1.92. The lowest BCUT2D eigenvalue weighted by atomic mass is 9.90. The molecular formula is C22H28F3N3O2. The summed E-state index contributed by atoms with van der Waals surface area (Å²) in [4.78, 5) is 15.9. The van der Waals surface area contributed by atoms with Crippen molar-refractivity contribution in [3.63, 3.8) is 0 Å². The molecule has 5 nitrogen and oxygen atoms in total. The summed E-state index contributed by atoms with van der Waals surface area (Å²) in [5.74, 6) is 0. The number of amides is 1. The molecule has 1 heterocycles. The smallest absolute Gasteiger partial charge is 0.433 e. The Morgan fingerprint density at radius 1 is 1.13 bits per heavy atom. The predicted molar refractivity (Wildman–Crippen MR) is 111 cm³/mol. The molecule has 30 heavy (non-hydrogen) atoms. The van der Waals surface area contributed by atoms with Crippen LogP contribution in [0.25, 0.3) is 10.9 Å². The minimum Gasteiger partial charge on any atom is -0.444 e. The van der Waals surface area contributed by atoms with Crippen molar-refractivity contribution >= 4 is 22.7 Å². The zero-order valence-electron chi connectivity index (χ0n) is 17.7.